The average molecular weight is 172 g/mol. The summed E-state index contributed by atoms with van der Waals surface area (Å²) in [5.41, 5.74) is 0. The molecule has 70 valence electrons. The van der Waals surface area contributed by atoms with Gasteiger partial charge in [-0.25, -0.2) is 0 Å². The normalized spacial score (nSPS) is 22.9. The standard InChI is InChI=1S/C8H16N2O2/c1-7(11)5-10-4-3-9(2)8(12)6-10/h7,11H,3-6H2,1-2H3. The van der Waals surface area contributed by atoms with Crippen molar-refractivity contribution in [3.05, 3.63) is 0 Å². The quantitative estimate of drug-likeness (QED) is 0.589. The van der Waals surface area contributed by atoms with Crippen molar-refractivity contribution in [2.24, 2.45) is 0 Å². The molecule has 1 atom stereocenters. The fourth-order valence-electron chi connectivity index (χ4n) is 1.34. The number of piperazine rings is 1. The monoisotopic (exact) mass is 172 g/mol. The summed E-state index contributed by atoms with van der Waals surface area (Å²) in [7, 11) is 1.81. The summed E-state index contributed by atoms with van der Waals surface area (Å²) in [5.74, 6) is 0.141. The molecule has 1 unspecified atom stereocenters. The van der Waals surface area contributed by atoms with Gasteiger partial charge in [-0.05, 0) is 6.92 Å². The van der Waals surface area contributed by atoms with E-state index in [1.54, 1.807) is 11.8 Å². The van der Waals surface area contributed by atoms with Crippen LogP contribution in [0.15, 0.2) is 0 Å². The lowest BCUT2D eigenvalue weighted by molar-refractivity contribution is -0.134. The molecule has 0 aromatic carbocycles. The Hall–Kier alpha value is -0.610. The lowest BCUT2D eigenvalue weighted by atomic mass is 10.3. The van der Waals surface area contributed by atoms with Crippen molar-refractivity contribution in [1.82, 2.24) is 9.80 Å². The van der Waals surface area contributed by atoms with Gasteiger partial charge in [0.2, 0.25) is 5.91 Å². The van der Waals surface area contributed by atoms with E-state index < -0.39 is 0 Å². The lowest BCUT2D eigenvalue weighted by Gasteiger charge is -2.32. The van der Waals surface area contributed by atoms with Crippen molar-refractivity contribution in [2.75, 3.05) is 33.2 Å². The first kappa shape index (κ1) is 9.48. The third-order valence-corrected chi connectivity index (χ3v) is 2.06. The van der Waals surface area contributed by atoms with Crippen molar-refractivity contribution < 1.29 is 9.90 Å². The van der Waals surface area contributed by atoms with Crippen LogP contribution in [0.5, 0.6) is 0 Å². The fraction of sp³-hybridized carbons (Fsp3) is 0.875. The molecular weight excluding hydrogens is 156 g/mol. The van der Waals surface area contributed by atoms with Gasteiger partial charge >= 0.3 is 0 Å². The minimum Gasteiger partial charge on any atom is -0.392 e. The van der Waals surface area contributed by atoms with Gasteiger partial charge in [-0.1, -0.05) is 0 Å². The molecule has 1 aliphatic heterocycles. The third kappa shape index (κ3) is 2.46. The van der Waals surface area contributed by atoms with Gasteiger partial charge in [-0.2, -0.15) is 0 Å². The van der Waals surface area contributed by atoms with Gasteiger partial charge in [-0.3, -0.25) is 9.69 Å². The molecule has 1 fully saturated rings. The molecule has 4 nitrogen and oxygen atoms in total. The number of nitrogens with zero attached hydrogens (tertiary/aromatic N) is 2. The minimum absolute atomic E-state index is 0.141. The Labute approximate surface area is 72.8 Å². The number of carbonyl (C=O) groups excluding carboxylic acids is 1. The smallest absolute Gasteiger partial charge is 0.236 e. The van der Waals surface area contributed by atoms with E-state index in [0.29, 0.717) is 13.1 Å². The molecule has 1 rings (SSSR count). The number of aliphatic hydroxyl groups excluding tert-OH is 1. The van der Waals surface area contributed by atoms with E-state index in [1.807, 2.05) is 11.9 Å². The number of likely N-dealkylation sites (N-methyl/N-ethyl adjacent to an activating group) is 1. The Morgan fingerprint density at radius 2 is 2.25 bits per heavy atom. The minimum atomic E-state index is -0.346. The number of aliphatic hydroxyl groups is 1. The zero-order valence-electron chi connectivity index (χ0n) is 7.66. The van der Waals surface area contributed by atoms with E-state index in [9.17, 15) is 4.79 Å². The SMILES string of the molecule is CC(O)CN1CCN(C)C(=O)C1. The molecule has 1 N–H and O–H groups in total. The fourth-order valence-corrected chi connectivity index (χ4v) is 1.34. The molecule has 0 bridgehead atoms. The molecule has 0 spiro atoms. The molecule has 0 aliphatic carbocycles. The Morgan fingerprint density at radius 3 is 2.75 bits per heavy atom. The highest BCUT2D eigenvalue weighted by atomic mass is 16.3. The largest absolute Gasteiger partial charge is 0.392 e. The molecule has 0 saturated carbocycles. The first-order valence-electron chi connectivity index (χ1n) is 4.24. The van der Waals surface area contributed by atoms with Crippen LogP contribution in [-0.4, -0.2) is 60.1 Å². The Balaban J connectivity index is 2.35. The molecule has 0 aromatic heterocycles. The third-order valence-electron chi connectivity index (χ3n) is 2.06. The van der Waals surface area contributed by atoms with Crippen LogP contribution in [-0.2, 0) is 4.79 Å². The molecule has 0 radical (unpaired) electrons. The number of rotatable bonds is 2. The van der Waals surface area contributed by atoms with Crippen molar-refractivity contribution in [3.8, 4) is 0 Å². The van der Waals surface area contributed by atoms with Crippen LogP contribution in [0, 0.1) is 0 Å². The summed E-state index contributed by atoms with van der Waals surface area (Å²) in [6, 6.07) is 0. The molecular formula is C8H16N2O2. The Kier molecular flexibility index (Phi) is 3.05. The number of hydrogen-bond acceptors (Lipinski definition) is 3. The molecule has 4 heteroatoms. The Bertz CT molecular complexity index is 170. The van der Waals surface area contributed by atoms with Crippen LogP contribution < -0.4 is 0 Å². The van der Waals surface area contributed by atoms with Crippen LogP contribution >= 0.6 is 0 Å². The predicted octanol–water partition coefficient (Wildman–Crippen LogP) is -0.859. The number of hydrogen-bond donors (Lipinski definition) is 1. The molecule has 1 heterocycles. The maximum Gasteiger partial charge on any atom is 0.236 e. The summed E-state index contributed by atoms with van der Waals surface area (Å²) in [4.78, 5) is 14.9. The molecule has 1 saturated heterocycles. The molecule has 12 heavy (non-hydrogen) atoms. The van der Waals surface area contributed by atoms with Crippen molar-refractivity contribution in [1.29, 1.82) is 0 Å². The van der Waals surface area contributed by atoms with E-state index in [2.05, 4.69) is 0 Å². The van der Waals surface area contributed by atoms with Gasteiger partial charge < -0.3 is 10.0 Å². The first-order valence-corrected chi connectivity index (χ1v) is 4.24. The first-order chi connectivity index (χ1) is 5.59. The van der Waals surface area contributed by atoms with Crippen LogP contribution in [0.3, 0.4) is 0 Å². The van der Waals surface area contributed by atoms with Gasteiger partial charge in [-0.15, -0.1) is 0 Å². The summed E-state index contributed by atoms with van der Waals surface area (Å²) >= 11 is 0. The van der Waals surface area contributed by atoms with E-state index in [4.69, 9.17) is 5.11 Å². The van der Waals surface area contributed by atoms with Gasteiger partial charge in [0.25, 0.3) is 0 Å². The van der Waals surface area contributed by atoms with E-state index >= 15 is 0 Å². The van der Waals surface area contributed by atoms with Crippen LogP contribution in [0.1, 0.15) is 6.92 Å². The van der Waals surface area contributed by atoms with Crippen LogP contribution in [0.25, 0.3) is 0 Å². The summed E-state index contributed by atoms with van der Waals surface area (Å²) in [6.45, 7) is 4.42. The van der Waals surface area contributed by atoms with Crippen LogP contribution in [0.2, 0.25) is 0 Å². The van der Waals surface area contributed by atoms with Gasteiger partial charge in [0.05, 0.1) is 12.6 Å². The maximum atomic E-state index is 11.2. The van der Waals surface area contributed by atoms with E-state index in [-0.39, 0.29) is 12.0 Å². The summed E-state index contributed by atoms with van der Waals surface area (Å²) < 4.78 is 0. The zero-order valence-corrected chi connectivity index (χ0v) is 7.66. The van der Waals surface area contributed by atoms with E-state index in [0.717, 1.165) is 13.1 Å². The number of carbonyl (C=O) groups is 1. The van der Waals surface area contributed by atoms with E-state index in [1.165, 1.54) is 0 Å². The summed E-state index contributed by atoms with van der Waals surface area (Å²) in [6.07, 6.45) is -0.346. The van der Waals surface area contributed by atoms with Crippen molar-refractivity contribution in [2.45, 2.75) is 13.0 Å². The number of amides is 1. The average Bonchev–Trinajstić information content (AvgIpc) is 1.96. The van der Waals surface area contributed by atoms with Gasteiger partial charge in [0.1, 0.15) is 0 Å². The predicted molar refractivity (Wildman–Crippen MR) is 45.8 cm³/mol. The highest BCUT2D eigenvalue weighted by Gasteiger charge is 2.21. The maximum absolute atomic E-state index is 11.2. The molecule has 0 aromatic rings. The highest BCUT2D eigenvalue weighted by molar-refractivity contribution is 5.78. The van der Waals surface area contributed by atoms with Gasteiger partial charge in [0.15, 0.2) is 0 Å². The topological polar surface area (TPSA) is 43.8 Å². The van der Waals surface area contributed by atoms with Gasteiger partial charge in [0, 0.05) is 26.7 Å². The highest BCUT2D eigenvalue weighted by Crippen LogP contribution is 2.01. The second-order valence-corrected chi connectivity index (χ2v) is 3.40. The molecule has 1 aliphatic rings. The second-order valence-electron chi connectivity index (χ2n) is 3.40. The van der Waals surface area contributed by atoms with Crippen LogP contribution in [0.4, 0.5) is 0 Å². The Morgan fingerprint density at radius 1 is 1.58 bits per heavy atom. The summed E-state index contributed by atoms with van der Waals surface area (Å²) in [5, 5.41) is 9.09. The second kappa shape index (κ2) is 3.87. The number of β-amino-alcohol motifs (C(OH)–C–C–N with tert-alkyl or cyclic N) is 1. The zero-order chi connectivity index (χ0) is 9.14. The van der Waals surface area contributed by atoms with Crippen molar-refractivity contribution >= 4 is 5.91 Å². The lowest BCUT2D eigenvalue weighted by Crippen LogP contribution is -2.50. The molecule has 1 amide bonds. The van der Waals surface area contributed by atoms with Crippen molar-refractivity contribution in [3.63, 3.8) is 0 Å².